The second kappa shape index (κ2) is 5.06. The van der Waals surface area contributed by atoms with Crippen molar-refractivity contribution in [2.45, 2.75) is 17.9 Å². The molecule has 0 bridgehead atoms. The first-order valence-corrected chi connectivity index (χ1v) is 7.11. The van der Waals surface area contributed by atoms with E-state index in [4.69, 9.17) is 14.6 Å². The highest BCUT2D eigenvalue weighted by Gasteiger charge is 2.24. The number of carbonyl (C=O) groups is 1. The number of rotatable bonds is 4. The minimum absolute atomic E-state index is 0.0598. The van der Waals surface area contributed by atoms with Gasteiger partial charge in [0.2, 0.25) is 10.0 Å². The molecule has 19 heavy (non-hydrogen) atoms. The number of nitrogens with one attached hydrogen (secondary N) is 1. The van der Waals surface area contributed by atoms with Crippen molar-refractivity contribution in [3.05, 3.63) is 23.8 Å². The van der Waals surface area contributed by atoms with E-state index in [1.165, 1.54) is 12.1 Å². The third-order valence-electron chi connectivity index (χ3n) is 2.58. The standard InChI is InChI=1S/C11H14N2O5S/c1-7-2-3-9(10(4-7)19(12,15)16)17-6-8-5-13-11(14)18-8/h2-4,8H,5-6H2,1H3,(H,13,14)(H2,12,15,16). The summed E-state index contributed by atoms with van der Waals surface area (Å²) in [4.78, 5) is 10.8. The summed E-state index contributed by atoms with van der Waals surface area (Å²) in [6, 6.07) is 4.67. The molecule has 2 rings (SSSR count). The molecule has 104 valence electrons. The van der Waals surface area contributed by atoms with Gasteiger partial charge in [0.05, 0.1) is 6.54 Å². The van der Waals surface area contributed by atoms with Crippen molar-refractivity contribution >= 4 is 16.1 Å². The number of nitrogens with two attached hydrogens (primary N) is 1. The maximum absolute atomic E-state index is 11.5. The molecular formula is C11H14N2O5S. The predicted molar refractivity (Wildman–Crippen MR) is 66.3 cm³/mol. The van der Waals surface area contributed by atoms with Crippen molar-refractivity contribution < 1.29 is 22.7 Å². The summed E-state index contributed by atoms with van der Waals surface area (Å²) >= 11 is 0. The van der Waals surface area contributed by atoms with Crippen molar-refractivity contribution in [1.29, 1.82) is 0 Å². The van der Waals surface area contributed by atoms with Crippen molar-refractivity contribution in [2.24, 2.45) is 5.14 Å². The van der Waals surface area contributed by atoms with Crippen molar-refractivity contribution in [1.82, 2.24) is 5.32 Å². The molecule has 1 fully saturated rings. The number of cyclic esters (lactones) is 1. The maximum atomic E-state index is 11.5. The molecule has 3 N–H and O–H groups in total. The van der Waals surface area contributed by atoms with E-state index in [1.807, 2.05) is 0 Å². The number of carbonyl (C=O) groups excluding carboxylic acids is 1. The summed E-state index contributed by atoms with van der Waals surface area (Å²) in [6.45, 7) is 2.14. The number of alkyl carbamates (subject to hydrolysis) is 1. The molecule has 0 aliphatic carbocycles. The number of benzene rings is 1. The highest BCUT2D eigenvalue weighted by molar-refractivity contribution is 7.89. The van der Waals surface area contributed by atoms with Gasteiger partial charge in [-0.25, -0.2) is 18.4 Å². The van der Waals surface area contributed by atoms with Crippen LogP contribution in [0.1, 0.15) is 5.56 Å². The molecule has 7 nitrogen and oxygen atoms in total. The molecule has 0 radical (unpaired) electrons. The van der Waals surface area contributed by atoms with E-state index in [2.05, 4.69) is 5.32 Å². The average Bonchev–Trinajstić information content (AvgIpc) is 2.72. The summed E-state index contributed by atoms with van der Waals surface area (Å²) in [5, 5.41) is 7.60. The molecule has 0 saturated carbocycles. The largest absolute Gasteiger partial charge is 0.488 e. The number of sulfonamides is 1. The molecule has 0 spiro atoms. The zero-order valence-corrected chi connectivity index (χ0v) is 11.1. The highest BCUT2D eigenvalue weighted by atomic mass is 32.2. The molecular weight excluding hydrogens is 272 g/mol. The third-order valence-corrected chi connectivity index (χ3v) is 3.51. The van der Waals surface area contributed by atoms with Gasteiger partial charge in [-0.1, -0.05) is 6.07 Å². The first kappa shape index (κ1) is 13.6. The Morgan fingerprint density at radius 2 is 2.26 bits per heavy atom. The van der Waals surface area contributed by atoms with E-state index in [9.17, 15) is 13.2 Å². The van der Waals surface area contributed by atoms with Crippen LogP contribution in [0.25, 0.3) is 0 Å². The second-order valence-electron chi connectivity index (χ2n) is 4.21. The van der Waals surface area contributed by atoms with Crippen LogP contribution in [0.4, 0.5) is 4.79 Å². The molecule has 8 heteroatoms. The number of aryl methyl sites for hydroxylation is 1. The number of primary sulfonamides is 1. The number of ether oxygens (including phenoxy) is 2. The lowest BCUT2D eigenvalue weighted by atomic mass is 10.2. The lowest BCUT2D eigenvalue weighted by molar-refractivity contribution is 0.103. The summed E-state index contributed by atoms with van der Waals surface area (Å²) in [5.74, 6) is 0.149. The fraction of sp³-hybridized carbons (Fsp3) is 0.364. The second-order valence-corrected chi connectivity index (χ2v) is 5.74. The summed E-state index contributed by atoms with van der Waals surface area (Å²) in [7, 11) is -3.86. The van der Waals surface area contributed by atoms with Gasteiger partial charge in [0.1, 0.15) is 17.3 Å². The van der Waals surface area contributed by atoms with Gasteiger partial charge in [-0.2, -0.15) is 0 Å². The van der Waals surface area contributed by atoms with Crippen LogP contribution in [0, 0.1) is 6.92 Å². The Labute approximate surface area is 110 Å². The Bertz CT molecular complexity index is 599. The molecule has 1 atom stereocenters. The third kappa shape index (κ3) is 3.36. The summed E-state index contributed by atoms with van der Waals surface area (Å²) in [5.41, 5.74) is 0.755. The molecule has 1 heterocycles. The molecule has 1 amide bonds. The van der Waals surface area contributed by atoms with E-state index in [-0.39, 0.29) is 17.3 Å². The minimum Gasteiger partial charge on any atom is -0.488 e. The van der Waals surface area contributed by atoms with Crippen LogP contribution in [-0.2, 0) is 14.8 Å². The molecule has 1 unspecified atom stereocenters. The van der Waals surface area contributed by atoms with E-state index in [0.29, 0.717) is 6.54 Å². The summed E-state index contributed by atoms with van der Waals surface area (Å²) < 4.78 is 33.2. The monoisotopic (exact) mass is 286 g/mol. The lowest BCUT2D eigenvalue weighted by Crippen LogP contribution is -2.23. The molecule has 1 aliphatic rings. The quantitative estimate of drug-likeness (QED) is 0.818. The molecule has 1 saturated heterocycles. The fourth-order valence-corrected chi connectivity index (χ4v) is 2.42. The Balaban J connectivity index is 2.14. The van der Waals surface area contributed by atoms with Gasteiger partial charge in [-0.3, -0.25) is 0 Å². The molecule has 1 aliphatic heterocycles. The van der Waals surface area contributed by atoms with Crippen LogP contribution in [-0.4, -0.2) is 33.8 Å². The zero-order chi connectivity index (χ0) is 14.0. The Morgan fingerprint density at radius 3 is 2.84 bits per heavy atom. The Kier molecular flexibility index (Phi) is 3.63. The normalized spacial score (nSPS) is 18.8. The number of hydrogen-bond acceptors (Lipinski definition) is 5. The minimum atomic E-state index is -3.86. The van der Waals surface area contributed by atoms with Gasteiger partial charge in [-0.15, -0.1) is 0 Å². The fourth-order valence-electron chi connectivity index (χ4n) is 1.66. The van der Waals surface area contributed by atoms with Gasteiger partial charge in [0.25, 0.3) is 0 Å². The smallest absolute Gasteiger partial charge is 0.407 e. The molecule has 0 aromatic heterocycles. The van der Waals surface area contributed by atoms with E-state index in [0.717, 1.165) is 5.56 Å². The van der Waals surface area contributed by atoms with Crippen LogP contribution in [0.3, 0.4) is 0 Å². The van der Waals surface area contributed by atoms with Crippen molar-refractivity contribution in [2.75, 3.05) is 13.2 Å². The highest BCUT2D eigenvalue weighted by Crippen LogP contribution is 2.24. The Morgan fingerprint density at radius 1 is 1.53 bits per heavy atom. The van der Waals surface area contributed by atoms with Gasteiger partial charge in [0.15, 0.2) is 6.10 Å². The summed E-state index contributed by atoms with van der Waals surface area (Å²) in [6.07, 6.45) is -0.952. The first-order valence-electron chi connectivity index (χ1n) is 5.57. The van der Waals surface area contributed by atoms with Crippen molar-refractivity contribution in [3.8, 4) is 5.75 Å². The molecule has 1 aromatic carbocycles. The first-order chi connectivity index (χ1) is 8.86. The zero-order valence-electron chi connectivity index (χ0n) is 10.3. The Hall–Kier alpha value is -1.80. The average molecular weight is 286 g/mol. The van der Waals surface area contributed by atoms with Crippen LogP contribution in [0.2, 0.25) is 0 Å². The van der Waals surface area contributed by atoms with E-state index < -0.39 is 22.2 Å². The van der Waals surface area contributed by atoms with Gasteiger partial charge >= 0.3 is 6.09 Å². The maximum Gasteiger partial charge on any atom is 0.407 e. The molecule has 1 aromatic rings. The van der Waals surface area contributed by atoms with Gasteiger partial charge < -0.3 is 14.8 Å². The van der Waals surface area contributed by atoms with Gasteiger partial charge in [0, 0.05) is 0 Å². The van der Waals surface area contributed by atoms with Crippen LogP contribution >= 0.6 is 0 Å². The van der Waals surface area contributed by atoms with E-state index >= 15 is 0 Å². The number of amides is 1. The van der Waals surface area contributed by atoms with Crippen LogP contribution in [0.5, 0.6) is 5.75 Å². The predicted octanol–water partition coefficient (Wildman–Crippen LogP) is 0.130. The van der Waals surface area contributed by atoms with Crippen LogP contribution in [0.15, 0.2) is 23.1 Å². The van der Waals surface area contributed by atoms with Gasteiger partial charge in [-0.05, 0) is 24.6 Å². The topological polar surface area (TPSA) is 108 Å². The van der Waals surface area contributed by atoms with Crippen molar-refractivity contribution in [3.63, 3.8) is 0 Å². The van der Waals surface area contributed by atoms with E-state index in [1.54, 1.807) is 13.0 Å². The SMILES string of the molecule is Cc1ccc(OCC2CNC(=O)O2)c(S(N)(=O)=O)c1. The lowest BCUT2D eigenvalue weighted by Gasteiger charge is -2.13. The van der Waals surface area contributed by atoms with Crippen LogP contribution < -0.4 is 15.2 Å². The number of hydrogen-bond donors (Lipinski definition) is 2.